The molecule has 0 bridgehead atoms. The molecule has 1 aromatic carbocycles. The largest absolute Gasteiger partial charge is 0.493 e. The van der Waals surface area contributed by atoms with Gasteiger partial charge in [-0.3, -0.25) is 4.79 Å². The number of amides is 1. The van der Waals surface area contributed by atoms with E-state index in [1.807, 2.05) is 18.2 Å². The van der Waals surface area contributed by atoms with Crippen molar-refractivity contribution < 1.29 is 19.0 Å². The number of para-hydroxylation sites is 1. The summed E-state index contributed by atoms with van der Waals surface area (Å²) in [6.45, 7) is 1.88. The lowest BCUT2D eigenvalue weighted by molar-refractivity contribution is -0.186. The Hall–Kier alpha value is -2.32. The maximum atomic E-state index is 12.1. The second-order valence-electron chi connectivity index (χ2n) is 8.73. The number of carbonyl (C=O) groups is 1. The molecule has 1 aromatic rings. The molecule has 2 atom stereocenters. The summed E-state index contributed by atoms with van der Waals surface area (Å²) in [5.41, 5.74) is 1.10. The van der Waals surface area contributed by atoms with Crippen molar-refractivity contribution in [1.29, 1.82) is 0 Å². The standard InChI is InChI=1S/C23H34N4O4/c1-27(2)21(28)15-25-22(26-19-10-13-29-20-9-5-4-8-18(19)20)24-14-17-16-30-23(31-17)11-6-3-7-12-23/h4-5,8-9,17,19H,3,6-7,10-16H2,1-2H3,(H2,24,25,26). The first-order valence-electron chi connectivity index (χ1n) is 11.3. The number of carbonyl (C=O) groups excluding carboxylic acids is 1. The monoisotopic (exact) mass is 430 g/mol. The lowest BCUT2D eigenvalue weighted by Crippen LogP contribution is -2.45. The van der Waals surface area contributed by atoms with Crippen LogP contribution in [0, 0.1) is 0 Å². The molecule has 2 fully saturated rings. The van der Waals surface area contributed by atoms with Crippen LogP contribution in [0.4, 0.5) is 0 Å². The summed E-state index contributed by atoms with van der Waals surface area (Å²) in [6.07, 6.45) is 6.30. The van der Waals surface area contributed by atoms with E-state index in [2.05, 4.69) is 21.7 Å². The van der Waals surface area contributed by atoms with E-state index in [-0.39, 0.29) is 24.6 Å². The Labute approximate surface area is 184 Å². The summed E-state index contributed by atoms with van der Waals surface area (Å²) >= 11 is 0. The highest BCUT2D eigenvalue weighted by atomic mass is 16.7. The lowest BCUT2D eigenvalue weighted by Gasteiger charge is -2.32. The summed E-state index contributed by atoms with van der Waals surface area (Å²) in [5, 5.41) is 6.87. The van der Waals surface area contributed by atoms with Gasteiger partial charge in [0.2, 0.25) is 5.91 Å². The molecule has 1 saturated heterocycles. The first kappa shape index (κ1) is 21.9. The minimum Gasteiger partial charge on any atom is -0.493 e. The van der Waals surface area contributed by atoms with Crippen molar-refractivity contribution in [3.05, 3.63) is 29.8 Å². The van der Waals surface area contributed by atoms with Gasteiger partial charge < -0.3 is 29.7 Å². The first-order chi connectivity index (χ1) is 15.0. The molecule has 0 aromatic heterocycles. The summed E-state index contributed by atoms with van der Waals surface area (Å²) < 4.78 is 18.1. The third kappa shape index (κ3) is 5.49. The second kappa shape index (κ2) is 9.87. The number of likely N-dealkylation sites (N-methyl/N-ethyl adjacent to an activating group) is 1. The Bertz CT molecular complexity index is 792. The van der Waals surface area contributed by atoms with Crippen LogP contribution < -0.4 is 15.4 Å². The number of rotatable bonds is 5. The maximum absolute atomic E-state index is 12.1. The van der Waals surface area contributed by atoms with Gasteiger partial charge in [-0.25, -0.2) is 4.99 Å². The van der Waals surface area contributed by atoms with Crippen LogP contribution in [0.2, 0.25) is 0 Å². The van der Waals surface area contributed by atoms with Crippen molar-refractivity contribution in [2.45, 2.75) is 56.5 Å². The number of guanidine groups is 1. The molecule has 3 aliphatic rings. The highest BCUT2D eigenvalue weighted by molar-refractivity contribution is 5.85. The number of fused-ring (bicyclic) bond motifs is 1. The van der Waals surface area contributed by atoms with E-state index in [1.54, 1.807) is 19.0 Å². The summed E-state index contributed by atoms with van der Waals surface area (Å²) in [5.74, 6) is 1.05. The smallest absolute Gasteiger partial charge is 0.243 e. The van der Waals surface area contributed by atoms with Crippen LogP contribution in [0.1, 0.15) is 50.1 Å². The van der Waals surface area contributed by atoms with Gasteiger partial charge in [0.25, 0.3) is 0 Å². The molecule has 2 N–H and O–H groups in total. The predicted octanol–water partition coefficient (Wildman–Crippen LogP) is 2.21. The first-order valence-corrected chi connectivity index (χ1v) is 11.3. The number of hydrogen-bond donors (Lipinski definition) is 2. The molecule has 2 aliphatic heterocycles. The zero-order valence-corrected chi connectivity index (χ0v) is 18.6. The summed E-state index contributed by atoms with van der Waals surface area (Å²) in [7, 11) is 3.47. The number of hydrogen-bond acceptors (Lipinski definition) is 5. The zero-order chi connectivity index (χ0) is 21.7. The van der Waals surface area contributed by atoms with Gasteiger partial charge in [-0.05, 0) is 18.9 Å². The van der Waals surface area contributed by atoms with E-state index >= 15 is 0 Å². The minimum absolute atomic E-state index is 0.0309. The Morgan fingerprint density at radius 3 is 2.84 bits per heavy atom. The molecule has 1 amide bonds. The van der Waals surface area contributed by atoms with Gasteiger partial charge in [0, 0.05) is 45.5 Å². The minimum atomic E-state index is -0.393. The maximum Gasteiger partial charge on any atom is 0.243 e. The second-order valence-corrected chi connectivity index (χ2v) is 8.73. The van der Waals surface area contributed by atoms with Gasteiger partial charge in [0.15, 0.2) is 11.7 Å². The Kier molecular flexibility index (Phi) is 6.97. The van der Waals surface area contributed by atoms with E-state index in [0.717, 1.165) is 43.4 Å². The van der Waals surface area contributed by atoms with E-state index < -0.39 is 5.79 Å². The van der Waals surface area contributed by atoms with Gasteiger partial charge in [-0.15, -0.1) is 0 Å². The van der Waals surface area contributed by atoms with Gasteiger partial charge in [0.1, 0.15) is 18.4 Å². The number of benzene rings is 1. The van der Waals surface area contributed by atoms with Gasteiger partial charge in [0.05, 0.1) is 19.3 Å². The average Bonchev–Trinajstić information content (AvgIpc) is 3.17. The molecular weight excluding hydrogens is 396 g/mol. The van der Waals surface area contributed by atoms with Gasteiger partial charge in [-0.2, -0.15) is 0 Å². The van der Waals surface area contributed by atoms with Gasteiger partial charge in [-0.1, -0.05) is 24.6 Å². The number of nitrogens with one attached hydrogen (secondary N) is 2. The highest BCUT2D eigenvalue weighted by Crippen LogP contribution is 2.37. The molecule has 4 rings (SSSR count). The number of ether oxygens (including phenoxy) is 3. The average molecular weight is 431 g/mol. The fraction of sp³-hybridized carbons (Fsp3) is 0.652. The SMILES string of the molecule is CN(C)C(=O)CN=C(NCC1COC2(CCCCC2)O1)NC1CCOc2ccccc21. The molecule has 2 heterocycles. The van der Waals surface area contributed by atoms with Crippen molar-refractivity contribution in [3.63, 3.8) is 0 Å². The van der Waals surface area contributed by atoms with Crippen molar-refractivity contribution in [3.8, 4) is 5.75 Å². The Morgan fingerprint density at radius 2 is 2.03 bits per heavy atom. The fourth-order valence-corrected chi connectivity index (χ4v) is 4.38. The van der Waals surface area contributed by atoms with E-state index in [1.165, 1.54) is 6.42 Å². The Balaban J connectivity index is 1.40. The summed E-state index contributed by atoms with van der Waals surface area (Å²) in [6, 6.07) is 8.10. The molecule has 2 unspecified atom stereocenters. The Morgan fingerprint density at radius 1 is 1.23 bits per heavy atom. The van der Waals surface area contributed by atoms with Crippen molar-refractivity contribution in [1.82, 2.24) is 15.5 Å². The molecule has 8 nitrogen and oxygen atoms in total. The van der Waals surface area contributed by atoms with Crippen LogP contribution in [-0.2, 0) is 14.3 Å². The van der Waals surface area contributed by atoms with Gasteiger partial charge >= 0.3 is 0 Å². The van der Waals surface area contributed by atoms with Crippen LogP contribution in [0.25, 0.3) is 0 Å². The lowest BCUT2D eigenvalue weighted by atomic mass is 9.94. The molecule has 8 heteroatoms. The summed E-state index contributed by atoms with van der Waals surface area (Å²) in [4.78, 5) is 18.2. The van der Waals surface area contributed by atoms with E-state index in [4.69, 9.17) is 14.2 Å². The quantitative estimate of drug-likeness (QED) is 0.550. The van der Waals surface area contributed by atoms with Crippen LogP contribution in [0.3, 0.4) is 0 Å². The molecular formula is C23H34N4O4. The molecule has 1 aliphatic carbocycles. The van der Waals surface area contributed by atoms with Crippen molar-refractivity contribution in [2.24, 2.45) is 4.99 Å². The molecule has 0 radical (unpaired) electrons. The normalized spacial score (nSPS) is 24.9. The van der Waals surface area contributed by atoms with Crippen molar-refractivity contribution in [2.75, 3.05) is 40.4 Å². The topological polar surface area (TPSA) is 84.4 Å². The highest BCUT2D eigenvalue weighted by Gasteiger charge is 2.42. The van der Waals surface area contributed by atoms with Crippen LogP contribution in [0.15, 0.2) is 29.3 Å². The third-order valence-electron chi connectivity index (χ3n) is 6.17. The van der Waals surface area contributed by atoms with E-state index in [9.17, 15) is 4.79 Å². The van der Waals surface area contributed by atoms with E-state index in [0.29, 0.717) is 25.7 Å². The van der Waals surface area contributed by atoms with Crippen LogP contribution >= 0.6 is 0 Å². The van der Waals surface area contributed by atoms with Crippen molar-refractivity contribution >= 4 is 11.9 Å². The molecule has 31 heavy (non-hydrogen) atoms. The van der Waals surface area contributed by atoms with Crippen LogP contribution in [0.5, 0.6) is 5.75 Å². The molecule has 1 spiro atoms. The number of nitrogens with zero attached hydrogens (tertiary/aromatic N) is 2. The fourth-order valence-electron chi connectivity index (χ4n) is 4.38. The zero-order valence-electron chi connectivity index (χ0n) is 18.6. The molecule has 170 valence electrons. The van der Waals surface area contributed by atoms with Crippen LogP contribution in [-0.4, -0.2) is 69.1 Å². The molecule has 1 saturated carbocycles. The predicted molar refractivity (Wildman–Crippen MR) is 118 cm³/mol. The number of aliphatic imine (C=N–C) groups is 1. The third-order valence-corrected chi connectivity index (χ3v) is 6.17.